The highest BCUT2D eigenvalue weighted by atomic mass is 32.1. The Morgan fingerprint density at radius 1 is 1.53 bits per heavy atom. The van der Waals surface area contributed by atoms with Crippen LogP contribution >= 0.6 is 11.3 Å². The SMILES string of the molecule is CC1(c2cccs2)NC(=O)N(CC2CC2)C1=O. The molecule has 2 fully saturated rings. The number of imide groups is 1. The predicted octanol–water partition coefficient (Wildman–Crippen LogP) is 1.93. The van der Waals surface area contributed by atoms with Crippen LogP contribution in [0.5, 0.6) is 0 Å². The van der Waals surface area contributed by atoms with Crippen LogP contribution in [0.2, 0.25) is 0 Å². The molecule has 1 saturated heterocycles. The van der Waals surface area contributed by atoms with Gasteiger partial charge in [-0.05, 0) is 37.1 Å². The van der Waals surface area contributed by atoms with E-state index in [1.807, 2.05) is 17.5 Å². The van der Waals surface area contributed by atoms with Crippen LogP contribution in [0.25, 0.3) is 0 Å². The molecule has 3 amide bonds. The fourth-order valence-corrected chi connectivity index (χ4v) is 2.99. The number of thiophene rings is 1. The van der Waals surface area contributed by atoms with Gasteiger partial charge in [-0.1, -0.05) is 6.07 Å². The first kappa shape index (κ1) is 10.8. The molecule has 5 heteroatoms. The van der Waals surface area contributed by atoms with Gasteiger partial charge >= 0.3 is 6.03 Å². The van der Waals surface area contributed by atoms with Gasteiger partial charge in [0.2, 0.25) is 0 Å². The maximum Gasteiger partial charge on any atom is 0.325 e. The van der Waals surface area contributed by atoms with Crippen molar-refractivity contribution in [3.05, 3.63) is 22.4 Å². The topological polar surface area (TPSA) is 49.4 Å². The molecule has 1 atom stereocenters. The molecule has 0 aromatic carbocycles. The fraction of sp³-hybridized carbons (Fsp3) is 0.500. The average molecular weight is 250 g/mol. The number of hydrogen-bond donors (Lipinski definition) is 1. The second-order valence-electron chi connectivity index (χ2n) is 4.89. The third kappa shape index (κ3) is 1.65. The summed E-state index contributed by atoms with van der Waals surface area (Å²) in [6, 6.07) is 3.54. The van der Waals surface area contributed by atoms with Crippen molar-refractivity contribution in [2.75, 3.05) is 6.54 Å². The van der Waals surface area contributed by atoms with Crippen LogP contribution in [-0.2, 0) is 10.3 Å². The summed E-state index contributed by atoms with van der Waals surface area (Å²) < 4.78 is 0. The van der Waals surface area contributed by atoms with E-state index in [9.17, 15) is 9.59 Å². The number of rotatable bonds is 3. The standard InChI is InChI=1S/C12H14N2O2S/c1-12(9-3-2-6-17-9)10(15)14(11(16)13-12)7-8-4-5-8/h2-3,6,8H,4-5,7H2,1H3,(H,13,16). The zero-order valence-electron chi connectivity index (χ0n) is 9.60. The van der Waals surface area contributed by atoms with Crippen molar-refractivity contribution in [2.24, 2.45) is 5.92 Å². The van der Waals surface area contributed by atoms with E-state index in [-0.39, 0.29) is 11.9 Å². The highest BCUT2D eigenvalue weighted by Gasteiger charge is 2.50. The number of carbonyl (C=O) groups is 2. The van der Waals surface area contributed by atoms with Crippen molar-refractivity contribution in [3.8, 4) is 0 Å². The molecule has 1 N–H and O–H groups in total. The van der Waals surface area contributed by atoms with Gasteiger partial charge in [0, 0.05) is 11.4 Å². The monoisotopic (exact) mass is 250 g/mol. The molecule has 1 aromatic heterocycles. The molecule has 1 unspecified atom stereocenters. The first-order chi connectivity index (χ1) is 8.11. The van der Waals surface area contributed by atoms with Crippen molar-refractivity contribution < 1.29 is 9.59 Å². The molecule has 0 bridgehead atoms. The van der Waals surface area contributed by atoms with Crippen molar-refractivity contribution in [3.63, 3.8) is 0 Å². The first-order valence-corrected chi connectivity index (χ1v) is 6.67. The average Bonchev–Trinajstić information content (AvgIpc) is 2.87. The quantitative estimate of drug-likeness (QED) is 0.833. The Kier molecular flexibility index (Phi) is 2.26. The second kappa shape index (κ2) is 3.57. The molecule has 90 valence electrons. The minimum atomic E-state index is -0.861. The van der Waals surface area contributed by atoms with Gasteiger partial charge in [0.15, 0.2) is 5.54 Å². The maximum absolute atomic E-state index is 12.3. The highest BCUT2D eigenvalue weighted by molar-refractivity contribution is 7.10. The van der Waals surface area contributed by atoms with Crippen molar-refractivity contribution in [2.45, 2.75) is 25.3 Å². The van der Waals surface area contributed by atoms with Gasteiger partial charge in [0.05, 0.1) is 0 Å². The molecule has 1 saturated carbocycles. The summed E-state index contributed by atoms with van der Waals surface area (Å²) in [5.41, 5.74) is -0.861. The summed E-state index contributed by atoms with van der Waals surface area (Å²) in [6.07, 6.45) is 2.26. The van der Waals surface area contributed by atoms with Gasteiger partial charge < -0.3 is 5.32 Å². The van der Waals surface area contributed by atoms with Gasteiger partial charge in [-0.15, -0.1) is 11.3 Å². The Morgan fingerprint density at radius 3 is 2.88 bits per heavy atom. The number of carbonyl (C=O) groups excluding carboxylic acids is 2. The van der Waals surface area contributed by atoms with Gasteiger partial charge in [0.25, 0.3) is 5.91 Å². The van der Waals surface area contributed by atoms with Crippen LogP contribution < -0.4 is 5.32 Å². The Labute approximate surface area is 104 Å². The van der Waals surface area contributed by atoms with E-state index in [0.29, 0.717) is 12.5 Å². The fourth-order valence-electron chi connectivity index (χ4n) is 2.15. The van der Waals surface area contributed by atoms with Crippen LogP contribution in [0.15, 0.2) is 17.5 Å². The molecular formula is C12H14N2O2S. The third-order valence-corrected chi connectivity index (χ3v) is 4.52. The molecule has 1 aliphatic heterocycles. The molecule has 2 heterocycles. The molecule has 0 radical (unpaired) electrons. The lowest BCUT2D eigenvalue weighted by Crippen LogP contribution is -2.40. The molecule has 4 nitrogen and oxygen atoms in total. The Balaban J connectivity index is 1.88. The first-order valence-electron chi connectivity index (χ1n) is 5.79. The maximum atomic E-state index is 12.3. The number of urea groups is 1. The number of nitrogens with zero attached hydrogens (tertiary/aromatic N) is 1. The van der Waals surface area contributed by atoms with Gasteiger partial charge in [0.1, 0.15) is 0 Å². The van der Waals surface area contributed by atoms with E-state index < -0.39 is 5.54 Å². The molecule has 1 aromatic rings. The summed E-state index contributed by atoms with van der Waals surface area (Å²) in [4.78, 5) is 26.5. The van der Waals surface area contributed by atoms with E-state index in [1.165, 1.54) is 16.2 Å². The smallest absolute Gasteiger partial charge is 0.319 e. The summed E-state index contributed by atoms with van der Waals surface area (Å²) in [5.74, 6) is 0.409. The van der Waals surface area contributed by atoms with Gasteiger partial charge in [-0.2, -0.15) is 0 Å². The predicted molar refractivity (Wildman–Crippen MR) is 64.6 cm³/mol. The largest absolute Gasteiger partial charge is 0.325 e. The number of nitrogens with one attached hydrogen (secondary N) is 1. The van der Waals surface area contributed by atoms with Crippen LogP contribution in [0.1, 0.15) is 24.6 Å². The van der Waals surface area contributed by atoms with E-state index in [0.717, 1.165) is 17.7 Å². The van der Waals surface area contributed by atoms with Gasteiger partial charge in [-0.3, -0.25) is 9.69 Å². The summed E-state index contributed by atoms with van der Waals surface area (Å²) in [7, 11) is 0. The van der Waals surface area contributed by atoms with E-state index in [4.69, 9.17) is 0 Å². The Hall–Kier alpha value is -1.36. The minimum absolute atomic E-state index is 0.114. The Bertz CT molecular complexity index is 467. The molecule has 3 rings (SSSR count). The third-order valence-electron chi connectivity index (χ3n) is 3.43. The lowest BCUT2D eigenvalue weighted by molar-refractivity contribution is -0.131. The number of hydrogen-bond acceptors (Lipinski definition) is 3. The molecule has 1 aliphatic carbocycles. The molecule has 2 aliphatic rings. The number of amides is 3. The molecule has 17 heavy (non-hydrogen) atoms. The summed E-state index contributed by atoms with van der Waals surface area (Å²) >= 11 is 1.50. The lowest BCUT2D eigenvalue weighted by atomic mass is 10.0. The molecular weight excluding hydrogens is 236 g/mol. The zero-order chi connectivity index (χ0) is 12.0. The zero-order valence-corrected chi connectivity index (χ0v) is 10.4. The normalized spacial score (nSPS) is 28.6. The van der Waals surface area contributed by atoms with Crippen LogP contribution in [0, 0.1) is 5.92 Å². The Morgan fingerprint density at radius 2 is 2.29 bits per heavy atom. The van der Waals surface area contributed by atoms with Crippen molar-refractivity contribution >= 4 is 23.3 Å². The van der Waals surface area contributed by atoms with E-state index in [2.05, 4.69) is 5.32 Å². The second-order valence-corrected chi connectivity index (χ2v) is 5.84. The van der Waals surface area contributed by atoms with Crippen molar-refractivity contribution in [1.82, 2.24) is 10.2 Å². The minimum Gasteiger partial charge on any atom is -0.319 e. The van der Waals surface area contributed by atoms with E-state index >= 15 is 0 Å². The summed E-state index contributed by atoms with van der Waals surface area (Å²) in [6.45, 7) is 2.36. The van der Waals surface area contributed by atoms with Gasteiger partial charge in [-0.25, -0.2) is 4.79 Å². The van der Waals surface area contributed by atoms with Crippen molar-refractivity contribution in [1.29, 1.82) is 0 Å². The van der Waals surface area contributed by atoms with Crippen LogP contribution in [0.4, 0.5) is 4.79 Å². The highest BCUT2D eigenvalue weighted by Crippen LogP contribution is 2.35. The molecule has 0 spiro atoms. The van der Waals surface area contributed by atoms with E-state index in [1.54, 1.807) is 6.92 Å². The van der Waals surface area contributed by atoms with Crippen LogP contribution in [-0.4, -0.2) is 23.4 Å². The van der Waals surface area contributed by atoms with Crippen LogP contribution in [0.3, 0.4) is 0 Å². The summed E-state index contributed by atoms with van der Waals surface area (Å²) in [5, 5.41) is 4.73. The lowest BCUT2D eigenvalue weighted by Gasteiger charge is -2.19.